The molecule has 1 aromatic heterocycles. The van der Waals surface area contributed by atoms with Gasteiger partial charge in [0.1, 0.15) is 4.64 Å². The predicted octanol–water partition coefficient (Wildman–Crippen LogP) is 1.88. The molecule has 76 valence electrons. The Hall–Kier alpha value is -1.23. The number of aryl methyl sites for hydroxylation is 1. The van der Waals surface area contributed by atoms with E-state index in [1.54, 1.807) is 6.07 Å². The highest BCUT2D eigenvalue weighted by molar-refractivity contribution is 7.71. The van der Waals surface area contributed by atoms with Gasteiger partial charge in [0.25, 0.3) is 0 Å². The van der Waals surface area contributed by atoms with Crippen molar-refractivity contribution in [3.8, 4) is 0 Å². The topological polar surface area (TPSA) is 55.0 Å². The SMILES string of the molecule is CCCc1cc(=S)nc(C(=O)OC)[nH]1. The molecule has 4 nitrogen and oxygen atoms in total. The third kappa shape index (κ3) is 2.63. The number of aromatic amines is 1. The number of hydrogen-bond donors (Lipinski definition) is 1. The summed E-state index contributed by atoms with van der Waals surface area (Å²) in [7, 11) is 1.31. The van der Waals surface area contributed by atoms with Crippen LogP contribution in [0, 0.1) is 4.64 Å². The van der Waals surface area contributed by atoms with Gasteiger partial charge in [-0.15, -0.1) is 0 Å². The minimum Gasteiger partial charge on any atom is -0.463 e. The van der Waals surface area contributed by atoms with Crippen molar-refractivity contribution in [2.75, 3.05) is 7.11 Å². The van der Waals surface area contributed by atoms with Crippen molar-refractivity contribution in [3.63, 3.8) is 0 Å². The molecule has 0 fully saturated rings. The minimum atomic E-state index is -0.492. The average Bonchev–Trinajstić information content (AvgIpc) is 2.16. The second-order valence-corrected chi connectivity index (χ2v) is 3.25. The lowest BCUT2D eigenvalue weighted by Gasteiger charge is -2.02. The van der Waals surface area contributed by atoms with Crippen molar-refractivity contribution >= 4 is 18.2 Å². The Morgan fingerprint density at radius 3 is 3.00 bits per heavy atom. The normalized spacial score (nSPS) is 9.86. The number of aromatic nitrogens is 2. The average molecular weight is 212 g/mol. The van der Waals surface area contributed by atoms with Crippen LogP contribution in [0.25, 0.3) is 0 Å². The van der Waals surface area contributed by atoms with Gasteiger partial charge in [0.15, 0.2) is 0 Å². The van der Waals surface area contributed by atoms with E-state index in [9.17, 15) is 4.79 Å². The molecule has 0 unspecified atom stereocenters. The number of rotatable bonds is 3. The van der Waals surface area contributed by atoms with E-state index in [2.05, 4.69) is 21.6 Å². The molecule has 1 rings (SSSR count). The van der Waals surface area contributed by atoms with Crippen molar-refractivity contribution in [1.29, 1.82) is 0 Å². The fourth-order valence-corrected chi connectivity index (χ4v) is 1.34. The van der Waals surface area contributed by atoms with Crippen LogP contribution in [-0.2, 0) is 11.2 Å². The zero-order valence-electron chi connectivity index (χ0n) is 8.16. The van der Waals surface area contributed by atoms with Crippen LogP contribution in [-0.4, -0.2) is 23.0 Å². The van der Waals surface area contributed by atoms with Gasteiger partial charge in [0.2, 0.25) is 5.82 Å². The molecule has 5 heteroatoms. The second kappa shape index (κ2) is 4.85. The van der Waals surface area contributed by atoms with Crippen molar-refractivity contribution < 1.29 is 9.53 Å². The molecule has 1 aromatic rings. The van der Waals surface area contributed by atoms with E-state index in [1.165, 1.54) is 7.11 Å². The first-order valence-corrected chi connectivity index (χ1v) is 4.76. The summed E-state index contributed by atoms with van der Waals surface area (Å²) in [5.74, 6) is -0.322. The number of carbonyl (C=O) groups is 1. The number of H-pyrrole nitrogens is 1. The molecule has 0 amide bonds. The van der Waals surface area contributed by atoms with E-state index in [-0.39, 0.29) is 5.82 Å². The molecular weight excluding hydrogens is 200 g/mol. The first-order chi connectivity index (χ1) is 6.67. The van der Waals surface area contributed by atoms with E-state index in [4.69, 9.17) is 12.2 Å². The Kier molecular flexibility index (Phi) is 3.76. The first-order valence-electron chi connectivity index (χ1n) is 4.36. The number of esters is 1. The molecule has 14 heavy (non-hydrogen) atoms. The molecule has 0 saturated carbocycles. The van der Waals surface area contributed by atoms with Crippen molar-refractivity contribution in [1.82, 2.24) is 9.97 Å². The smallest absolute Gasteiger partial charge is 0.374 e. The van der Waals surface area contributed by atoms with Gasteiger partial charge in [-0.3, -0.25) is 0 Å². The van der Waals surface area contributed by atoms with Gasteiger partial charge in [0, 0.05) is 5.69 Å². The Morgan fingerprint density at radius 1 is 1.71 bits per heavy atom. The van der Waals surface area contributed by atoms with E-state index < -0.39 is 5.97 Å². The van der Waals surface area contributed by atoms with Gasteiger partial charge in [0.05, 0.1) is 7.11 Å². The predicted molar refractivity (Wildman–Crippen MR) is 54.8 cm³/mol. The molecular formula is C9H12N2O2S. The molecule has 0 spiro atoms. The van der Waals surface area contributed by atoms with Gasteiger partial charge in [-0.05, 0) is 12.5 Å². The van der Waals surface area contributed by atoms with E-state index in [1.807, 2.05) is 0 Å². The zero-order valence-corrected chi connectivity index (χ0v) is 8.98. The van der Waals surface area contributed by atoms with Crippen LogP contribution in [0.3, 0.4) is 0 Å². The molecule has 0 saturated heterocycles. The summed E-state index contributed by atoms with van der Waals surface area (Å²) in [6.45, 7) is 2.05. The molecule has 0 bridgehead atoms. The number of nitrogens with one attached hydrogen (secondary N) is 1. The number of methoxy groups -OCH3 is 1. The number of nitrogens with zero attached hydrogens (tertiary/aromatic N) is 1. The maximum absolute atomic E-state index is 11.2. The van der Waals surface area contributed by atoms with Crippen LogP contribution in [0.4, 0.5) is 0 Å². The van der Waals surface area contributed by atoms with Gasteiger partial charge in [-0.1, -0.05) is 25.6 Å². The zero-order chi connectivity index (χ0) is 10.6. The second-order valence-electron chi connectivity index (χ2n) is 2.83. The third-order valence-electron chi connectivity index (χ3n) is 1.70. The lowest BCUT2D eigenvalue weighted by Crippen LogP contribution is -2.09. The Balaban J connectivity index is 3.07. The quantitative estimate of drug-likeness (QED) is 0.614. The summed E-state index contributed by atoms with van der Waals surface area (Å²) in [4.78, 5) is 17.9. The summed E-state index contributed by atoms with van der Waals surface area (Å²) in [5, 5.41) is 0. The molecule has 0 aliphatic rings. The van der Waals surface area contributed by atoms with Crippen LogP contribution >= 0.6 is 12.2 Å². The molecule has 0 radical (unpaired) electrons. The summed E-state index contributed by atoms with van der Waals surface area (Å²) in [5.41, 5.74) is 0.910. The Labute approximate surface area is 87.3 Å². The first kappa shape index (κ1) is 10.8. The maximum Gasteiger partial charge on any atom is 0.374 e. The molecule has 0 aliphatic heterocycles. The van der Waals surface area contributed by atoms with Gasteiger partial charge < -0.3 is 9.72 Å². The Bertz CT molecular complexity index is 387. The van der Waals surface area contributed by atoms with E-state index >= 15 is 0 Å². The van der Waals surface area contributed by atoms with E-state index in [0.717, 1.165) is 18.5 Å². The lowest BCUT2D eigenvalue weighted by molar-refractivity contribution is 0.0586. The van der Waals surface area contributed by atoms with Crippen LogP contribution < -0.4 is 0 Å². The summed E-state index contributed by atoms with van der Waals surface area (Å²) >= 11 is 4.93. The summed E-state index contributed by atoms with van der Waals surface area (Å²) < 4.78 is 4.96. The molecule has 1 heterocycles. The minimum absolute atomic E-state index is 0.170. The standard InChI is InChI=1S/C9H12N2O2S/c1-3-4-6-5-7(14)11-8(10-6)9(12)13-2/h5H,3-4H2,1-2H3,(H,10,11,14). The number of ether oxygens (including phenoxy) is 1. The Morgan fingerprint density at radius 2 is 2.43 bits per heavy atom. The van der Waals surface area contributed by atoms with Crippen LogP contribution in [0.2, 0.25) is 0 Å². The fourth-order valence-electron chi connectivity index (χ4n) is 1.10. The molecule has 0 aromatic carbocycles. The lowest BCUT2D eigenvalue weighted by atomic mass is 10.2. The summed E-state index contributed by atoms with van der Waals surface area (Å²) in [6, 6.07) is 1.76. The van der Waals surface area contributed by atoms with Crippen molar-refractivity contribution in [2.45, 2.75) is 19.8 Å². The van der Waals surface area contributed by atoms with Crippen molar-refractivity contribution in [2.24, 2.45) is 0 Å². The number of carbonyl (C=O) groups excluding carboxylic acids is 1. The van der Waals surface area contributed by atoms with Crippen molar-refractivity contribution in [3.05, 3.63) is 22.2 Å². The third-order valence-corrected chi connectivity index (χ3v) is 1.91. The fraction of sp³-hybridized carbons (Fsp3) is 0.444. The summed E-state index contributed by atoms with van der Waals surface area (Å²) in [6.07, 6.45) is 1.83. The van der Waals surface area contributed by atoms with Crippen LogP contribution in [0.15, 0.2) is 6.07 Å². The molecule has 1 N–H and O–H groups in total. The monoisotopic (exact) mass is 212 g/mol. The van der Waals surface area contributed by atoms with Crippen LogP contribution in [0.1, 0.15) is 29.7 Å². The van der Waals surface area contributed by atoms with Gasteiger partial charge in [-0.25, -0.2) is 9.78 Å². The molecule has 0 aliphatic carbocycles. The van der Waals surface area contributed by atoms with Gasteiger partial charge in [-0.2, -0.15) is 0 Å². The molecule has 0 atom stereocenters. The number of hydrogen-bond acceptors (Lipinski definition) is 4. The highest BCUT2D eigenvalue weighted by Crippen LogP contribution is 2.02. The van der Waals surface area contributed by atoms with E-state index in [0.29, 0.717) is 4.64 Å². The highest BCUT2D eigenvalue weighted by Gasteiger charge is 2.08. The largest absolute Gasteiger partial charge is 0.463 e. The highest BCUT2D eigenvalue weighted by atomic mass is 32.1. The van der Waals surface area contributed by atoms with Crippen LogP contribution in [0.5, 0.6) is 0 Å². The van der Waals surface area contributed by atoms with Gasteiger partial charge >= 0.3 is 5.97 Å². The maximum atomic E-state index is 11.2.